The first-order valence-corrected chi connectivity index (χ1v) is 5.21. The summed E-state index contributed by atoms with van der Waals surface area (Å²) in [5.41, 5.74) is 1.36. The summed E-state index contributed by atoms with van der Waals surface area (Å²) in [6, 6.07) is 7.52. The zero-order valence-corrected chi connectivity index (χ0v) is 9.08. The second-order valence-electron chi connectivity index (χ2n) is 3.87. The Kier molecular flexibility index (Phi) is 2.13. The molecular formula is C13H7NO4. The fourth-order valence-corrected chi connectivity index (χ4v) is 2.04. The zero-order valence-electron chi connectivity index (χ0n) is 9.08. The van der Waals surface area contributed by atoms with Gasteiger partial charge in [-0.25, -0.2) is 0 Å². The number of nitrogens with zero attached hydrogens (tertiary/aromatic N) is 1. The Balaban J connectivity index is 2.57. The summed E-state index contributed by atoms with van der Waals surface area (Å²) in [5, 5.41) is 13.6. The quantitative estimate of drug-likeness (QED) is 0.550. The molecule has 0 spiro atoms. The Morgan fingerprint density at radius 3 is 2.78 bits per heavy atom. The SMILES string of the molecule is O=Cc1ccc(O)c2oc3ccc(N=O)cc3c12. The molecule has 2 aromatic carbocycles. The average molecular weight is 241 g/mol. The number of nitroso groups, excluding NO2 is 1. The number of carbonyl (C=O) groups is 1. The van der Waals surface area contributed by atoms with Gasteiger partial charge in [0.1, 0.15) is 11.3 Å². The Bertz CT molecular complexity index is 788. The molecule has 3 rings (SSSR count). The van der Waals surface area contributed by atoms with Crippen LogP contribution >= 0.6 is 0 Å². The van der Waals surface area contributed by atoms with E-state index < -0.39 is 0 Å². The highest BCUT2D eigenvalue weighted by Gasteiger charge is 2.14. The summed E-state index contributed by atoms with van der Waals surface area (Å²) >= 11 is 0. The van der Waals surface area contributed by atoms with Crippen molar-refractivity contribution in [1.82, 2.24) is 0 Å². The summed E-state index contributed by atoms with van der Waals surface area (Å²) in [7, 11) is 0. The minimum Gasteiger partial charge on any atom is -0.504 e. The van der Waals surface area contributed by atoms with Crippen LogP contribution in [-0.4, -0.2) is 11.4 Å². The third kappa shape index (κ3) is 1.31. The Labute approximate surface area is 101 Å². The van der Waals surface area contributed by atoms with Gasteiger partial charge in [-0.3, -0.25) is 4.79 Å². The average Bonchev–Trinajstić information content (AvgIpc) is 2.79. The summed E-state index contributed by atoms with van der Waals surface area (Å²) in [6.07, 6.45) is 0.678. The largest absolute Gasteiger partial charge is 0.504 e. The highest BCUT2D eigenvalue weighted by molar-refractivity contribution is 6.14. The zero-order chi connectivity index (χ0) is 12.7. The molecule has 1 aromatic heterocycles. The molecule has 0 saturated heterocycles. The van der Waals surface area contributed by atoms with Gasteiger partial charge in [0.25, 0.3) is 0 Å². The Hall–Kier alpha value is -2.69. The van der Waals surface area contributed by atoms with E-state index >= 15 is 0 Å². The third-order valence-electron chi connectivity index (χ3n) is 2.85. The number of phenolic OH excluding ortho intramolecular Hbond substituents is 1. The van der Waals surface area contributed by atoms with Crippen LogP contribution in [0, 0.1) is 4.91 Å². The first-order valence-electron chi connectivity index (χ1n) is 5.21. The molecule has 1 heterocycles. The van der Waals surface area contributed by atoms with Crippen LogP contribution < -0.4 is 0 Å². The number of fused-ring (bicyclic) bond motifs is 3. The van der Waals surface area contributed by atoms with Crippen molar-refractivity contribution >= 4 is 33.9 Å². The van der Waals surface area contributed by atoms with Crippen molar-refractivity contribution in [2.45, 2.75) is 0 Å². The molecule has 0 aliphatic heterocycles. The maximum Gasteiger partial charge on any atom is 0.177 e. The standard InChI is InChI=1S/C13H7NO4/c15-6-7-1-3-10(16)13-12(7)9-5-8(14-17)2-4-11(9)18-13/h1-6,16H. The van der Waals surface area contributed by atoms with Crippen LogP contribution in [0.4, 0.5) is 5.69 Å². The van der Waals surface area contributed by atoms with Gasteiger partial charge in [-0.05, 0) is 35.5 Å². The van der Waals surface area contributed by atoms with Crippen molar-refractivity contribution in [1.29, 1.82) is 0 Å². The van der Waals surface area contributed by atoms with Crippen molar-refractivity contribution in [3.05, 3.63) is 40.8 Å². The number of phenols is 1. The molecule has 0 radical (unpaired) electrons. The predicted molar refractivity (Wildman–Crippen MR) is 66.2 cm³/mol. The highest BCUT2D eigenvalue weighted by atomic mass is 16.4. The number of hydrogen-bond donors (Lipinski definition) is 1. The lowest BCUT2D eigenvalue weighted by Gasteiger charge is -1.96. The molecule has 1 N–H and O–H groups in total. The van der Waals surface area contributed by atoms with Crippen molar-refractivity contribution in [2.24, 2.45) is 5.18 Å². The number of rotatable bonds is 2. The molecule has 0 bridgehead atoms. The smallest absolute Gasteiger partial charge is 0.177 e. The number of carbonyl (C=O) groups excluding carboxylic acids is 1. The molecule has 0 atom stereocenters. The van der Waals surface area contributed by atoms with E-state index in [-0.39, 0.29) is 17.0 Å². The van der Waals surface area contributed by atoms with E-state index in [0.717, 1.165) is 0 Å². The summed E-state index contributed by atoms with van der Waals surface area (Å²) in [4.78, 5) is 21.5. The molecule has 5 heteroatoms. The lowest BCUT2D eigenvalue weighted by atomic mass is 10.1. The fourth-order valence-electron chi connectivity index (χ4n) is 2.04. The molecule has 0 amide bonds. The predicted octanol–water partition coefficient (Wildman–Crippen LogP) is 3.50. The number of aromatic hydroxyl groups is 1. The molecule has 0 aliphatic carbocycles. The van der Waals surface area contributed by atoms with Crippen LogP contribution in [0.25, 0.3) is 21.9 Å². The van der Waals surface area contributed by atoms with E-state index in [9.17, 15) is 14.8 Å². The second-order valence-corrected chi connectivity index (χ2v) is 3.87. The molecule has 5 nitrogen and oxygen atoms in total. The van der Waals surface area contributed by atoms with E-state index in [1.165, 1.54) is 24.3 Å². The monoisotopic (exact) mass is 241 g/mol. The fraction of sp³-hybridized carbons (Fsp3) is 0. The number of furan rings is 1. The van der Waals surface area contributed by atoms with Gasteiger partial charge in [0.05, 0.1) is 0 Å². The maximum atomic E-state index is 11.0. The van der Waals surface area contributed by atoms with Gasteiger partial charge < -0.3 is 9.52 Å². The van der Waals surface area contributed by atoms with Crippen LogP contribution in [-0.2, 0) is 0 Å². The molecular weight excluding hydrogens is 234 g/mol. The maximum absolute atomic E-state index is 11.0. The van der Waals surface area contributed by atoms with Crippen molar-refractivity contribution < 1.29 is 14.3 Å². The van der Waals surface area contributed by atoms with E-state index in [2.05, 4.69) is 5.18 Å². The topological polar surface area (TPSA) is 79.9 Å². The van der Waals surface area contributed by atoms with Crippen molar-refractivity contribution in [3.8, 4) is 5.75 Å². The minimum absolute atomic E-state index is 0.0487. The van der Waals surface area contributed by atoms with E-state index in [0.29, 0.717) is 28.2 Å². The van der Waals surface area contributed by atoms with Crippen LogP contribution in [0.5, 0.6) is 5.75 Å². The van der Waals surface area contributed by atoms with Crippen LogP contribution in [0.2, 0.25) is 0 Å². The number of benzene rings is 2. The van der Waals surface area contributed by atoms with Gasteiger partial charge >= 0.3 is 0 Å². The van der Waals surface area contributed by atoms with Gasteiger partial charge in [0.15, 0.2) is 17.6 Å². The van der Waals surface area contributed by atoms with Gasteiger partial charge in [0, 0.05) is 16.3 Å². The number of aldehydes is 1. The van der Waals surface area contributed by atoms with Crippen molar-refractivity contribution in [2.75, 3.05) is 0 Å². The molecule has 0 fully saturated rings. The third-order valence-corrected chi connectivity index (χ3v) is 2.85. The first-order chi connectivity index (χ1) is 8.74. The van der Waals surface area contributed by atoms with Crippen molar-refractivity contribution in [3.63, 3.8) is 0 Å². The van der Waals surface area contributed by atoms with Crippen LogP contribution in [0.15, 0.2) is 39.9 Å². The highest BCUT2D eigenvalue weighted by Crippen LogP contribution is 2.37. The molecule has 88 valence electrons. The van der Waals surface area contributed by atoms with Gasteiger partial charge in [-0.2, -0.15) is 0 Å². The normalized spacial score (nSPS) is 10.9. The molecule has 3 aromatic rings. The van der Waals surface area contributed by atoms with E-state index in [1.54, 1.807) is 6.07 Å². The van der Waals surface area contributed by atoms with Gasteiger partial charge in [-0.15, -0.1) is 4.91 Å². The molecule has 0 aliphatic rings. The summed E-state index contributed by atoms with van der Waals surface area (Å²) in [5.74, 6) is -0.0487. The van der Waals surface area contributed by atoms with Gasteiger partial charge in [0.2, 0.25) is 0 Å². The number of hydrogen-bond acceptors (Lipinski definition) is 5. The summed E-state index contributed by atoms with van der Waals surface area (Å²) in [6.45, 7) is 0. The summed E-state index contributed by atoms with van der Waals surface area (Å²) < 4.78 is 5.47. The minimum atomic E-state index is -0.0487. The lowest BCUT2D eigenvalue weighted by molar-refractivity contribution is 0.112. The Morgan fingerprint density at radius 1 is 1.22 bits per heavy atom. The Morgan fingerprint density at radius 2 is 2.06 bits per heavy atom. The van der Waals surface area contributed by atoms with Gasteiger partial charge in [-0.1, -0.05) is 0 Å². The first kappa shape index (κ1) is 10.5. The van der Waals surface area contributed by atoms with Crippen LogP contribution in [0.1, 0.15) is 10.4 Å². The second kappa shape index (κ2) is 3.66. The van der Waals surface area contributed by atoms with E-state index in [4.69, 9.17) is 4.42 Å². The van der Waals surface area contributed by atoms with Crippen LogP contribution in [0.3, 0.4) is 0 Å². The lowest BCUT2D eigenvalue weighted by Crippen LogP contribution is -1.80. The van der Waals surface area contributed by atoms with E-state index in [1.807, 2.05) is 0 Å². The molecule has 0 unspecified atom stereocenters. The molecule has 18 heavy (non-hydrogen) atoms. The molecule has 0 saturated carbocycles.